The van der Waals surface area contributed by atoms with Crippen molar-refractivity contribution < 1.29 is 23.8 Å². The Morgan fingerprint density at radius 1 is 1.00 bits per heavy atom. The molecule has 0 heterocycles. The second-order valence-corrected chi connectivity index (χ2v) is 6.05. The first kappa shape index (κ1) is 20.3. The van der Waals surface area contributed by atoms with Gasteiger partial charge in [0.05, 0.1) is 20.3 Å². The molecule has 0 aliphatic carbocycles. The second-order valence-electron chi connectivity index (χ2n) is 6.05. The third-order valence-corrected chi connectivity index (χ3v) is 4.19. The minimum atomic E-state index is -0.678. The molecule has 2 aromatic rings. The standard InChI is InChI=1S/C21H25NO5/c1-5-16(15-11-9-14(2)10-12-15)22-19(23)13-27-21(24)20-17(25-3)7-6-8-18(20)26-4/h6-12,16H,5,13H2,1-4H3,(H,22,23)/t16-/m0/s1. The fourth-order valence-electron chi connectivity index (χ4n) is 2.71. The Bertz CT molecular complexity index is 763. The zero-order valence-electron chi connectivity index (χ0n) is 16.1. The summed E-state index contributed by atoms with van der Waals surface area (Å²) in [5.41, 5.74) is 2.31. The number of esters is 1. The van der Waals surface area contributed by atoms with E-state index in [9.17, 15) is 9.59 Å². The van der Waals surface area contributed by atoms with Gasteiger partial charge < -0.3 is 19.5 Å². The molecule has 0 fully saturated rings. The Balaban J connectivity index is 2.00. The van der Waals surface area contributed by atoms with Crippen LogP contribution in [0.15, 0.2) is 42.5 Å². The summed E-state index contributed by atoms with van der Waals surface area (Å²) in [6.45, 7) is 3.60. The fraction of sp³-hybridized carbons (Fsp3) is 0.333. The average Bonchev–Trinajstić information content (AvgIpc) is 2.70. The van der Waals surface area contributed by atoms with Gasteiger partial charge in [-0.05, 0) is 31.0 Å². The van der Waals surface area contributed by atoms with Gasteiger partial charge in [-0.25, -0.2) is 4.79 Å². The molecule has 0 unspecified atom stereocenters. The normalized spacial score (nSPS) is 11.4. The molecule has 0 aromatic heterocycles. The number of aryl methyl sites for hydroxylation is 1. The molecule has 0 saturated heterocycles. The van der Waals surface area contributed by atoms with Crippen molar-refractivity contribution in [3.63, 3.8) is 0 Å². The van der Waals surface area contributed by atoms with Crippen molar-refractivity contribution in [1.29, 1.82) is 0 Å². The quantitative estimate of drug-likeness (QED) is 0.720. The summed E-state index contributed by atoms with van der Waals surface area (Å²) in [5, 5.41) is 2.89. The number of rotatable bonds is 8. The Morgan fingerprint density at radius 2 is 1.59 bits per heavy atom. The summed E-state index contributed by atoms with van der Waals surface area (Å²) in [7, 11) is 2.90. The molecule has 0 bridgehead atoms. The lowest BCUT2D eigenvalue weighted by Crippen LogP contribution is -2.32. The predicted octanol–water partition coefficient (Wildman–Crippen LogP) is 3.44. The Morgan fingerprint density at radius 3 is 2.11 bits per heavy atom. The van der Waals surface area contributed by atoms with Gasteiger partial charge in [0.2, 0.25) is 0 Å². The van der Waals surface area contributed by atoms with Gasteiger partial charge in [0.25, 0.3) is 5.91 Å². The number of carbonyl (C=O) groups is 2. The lowest BCUT2D eigenvalue weighted by molar-refractivity contribution is -0.125. The van der Waals surface area contributed by atoms with Crippen molar-refractivity contribution in [2.24, 2.45) is 0 Å². The van der Waals surface area contributed by atoms with Gasteiger partial charge >= 0.3 is 5.97 Å². The van der Waals surface area contributed by atoms with Crippen molar-refractivity contribution in [3.05, 3.63) is 59.2 Å². The maximum Gasteiger partial charge on any atom is 0.346 e. The first-order valence-electron chi connectivity index (χ1n) is 8.74. The van der Waals surface area contributed by atoms with Crippen LogP contribution in [0, 0.1) is 6.92 Å². The van der Waals surface area contributed by atoms with E-state index in [1.807, 2.05) is 38.1 Å². The molecule has 6 nitrogen and oxygen atoms in total. The van der Waals surface area contributed by atoms with Gasteiger partial charge in [-0.1, -0.05) is 42.8 Å². The zero-order chi connectivity index (χ0) is 19.8. The second kappa shape index (κ2) is 9.62. The van der Waals surface area contributed by atoms with Crippen LogP contribution >= 0.6 is 0 Å². The first-order chi connectivity index (χ1) is 13.0. The molecular weight excluding hydrogens is 346 g/mol. The van der Waals surface area contributed by atoms with E-state index in [1.54, 1.807) is 18.2 Å². The molecule has 27 heavy (non-hydrogen) atoms. The molecule has 6 heteroatoms. The van der Waals surface area contributed by atoms with Gasteiger partial charge in [0.15, 0.2) is 6.61 Å². The van der Waals surface area contributed by atoms with Gasteiger partial charge in [-0.3, -0.25) is 4.79 Å². The summed E-state index contributed by atoms with van der Waals surface area (Å²) < 4.78 is 15.5. The Labute approximate surface area is 159 Å². The van der Waals surface area contributed by atoms with Gasteiger partial charge in [-0.2, -0.15) is 0 Å². The molecular formula is C21H25NO5. The highest BCUT2D eigenvalue weighted by molar-refractivity contribution is 5.96. The number of benzene rings is 2. The number of ether oxygens (including phenoxy) is 3. The summed E-state index contributed by atoms with van der Waals surface area (Å²) in [4.78, 5) is 24.7. The molecule has 2 aromatic carbocycles. The van der Waals surface area contributed by atoms with Crippen LogP contribution in [-0.2, 0) is 9.53 Å². The summed E-state index contributed by atoms with van der Waals surface area (Å²) >= 11 is 0. The van der Waals surface area contributed by atoms with Crippen molar-refractivity contribution in [2.45, 2.75) is 26.3 Å². The Kier molecular flexibility index (Phi) is 7.23. The van der Waals surface area contributed by atoms with E-state index in [1.165, 1.54) is 14.2 Å². The number of carbonyl (C=O) groups excluding carboxylic acids is 2. The maximum absolute atomic E-state index is 12.4. The molecule has 0 aliphatic heterocycles. The third-order valence-electron chi connectivity index (χ3n) is 4.19. The number of amides is 1. The predicted molar refractivity (Wildman–Crippen MR) is 102 cm³/mol. The van der Waals surface area contributed by atoms with Gasteiger partial charge in [0, 0.05) is 0 Å². The first-order valence-corrected chi connectivity index (χ1v) is 8.74. The van der Waals surface area contributed by atoms with Crippen molar-refractivity contribution in [3.8, 4) is 11.5 Å². The van der Waals surface area contributed by atoms with E-state index in [4.69, 9.17) is 14.2 Å². The van der Waals surface area contributed by atoms with Crippen LogP contribution < -0.4 is 14.8 Å². The van der Waals surface area contributed by atoms with Crippen LogP contribution in [-0.4, -0.2) is 32.7 Å². The fourth-order valence-corrected chi connectivity index (χ4v) is 2.71. The van der Waals surface area contributed by atoms with E-state index >= 15 is 0 Å². The van der Waals surface area contributed by atoms with E-state index < -0.39 is 5.97 Å². The number of hydrogen-bond donors (Lipinski definition) is 1. The van der Waals surface area contributed by atoms with Crippen LogP contribution in [0.3, 0.4) is 0 Å². The van der Waals surface area contributed by atoms with Gasteiger partial charge in [-0.15, -0.1) is 0 Å². The smallest absolute Gasteiger partial charge is 0.346 e. The molecule has 0 saturated carbocycles. The number of methoxy groups -OCH3 is 2. The number of hydrogen-bond acceptors (Lipinski definition) is 5. The lowest BCUT2D eigenvalue weighted by Gasteiger charge is -2.18. The largest absolute Gasteiger partial charge is 0.496 e. The molecule has 0 spiro atoms. The van der Waals surface area contributed by atoms with Crippen molar-refractivity contribution in [1.82, 2.24) is 5.32 Å². The molecule has 144 valence electrons. The molecule has 1 N–H and O–H groups in total. The van der Waals surface area contributed by atoms with Crippen LogP contribution in [0.5, 0.6) is 11.5 Å². The highest BCUT2D eigenvalue weighted by atomic mass is 16.5. The van der Waals surface area contributed by atoms with Crippen LogP contribution in [0.25, 0.3) is 0 Å². The van der Waals surface area contributed by atoms with E-state index in [-0.39, 0.29) is 24.1 Å². The lowest BCUT2D eigenvalue weighted by atomic mass is 10.0. The third kappa shape index (κ3) is 5.23. The average molecular weight is 371 g/mol. The summed E-state index contributed by atoms with van der Waals surface area (Å²) in [5.74, 6) is -0.399. The number of nitrogens with one attached hydrogen (secondary N) is 1. The molecule has 0 aliphatic rings. The van der Waals surface area contributed by atoms with Crippen molar-refractivity contribution >= 4 is 11.9 Å². The summed E-state index contributed by atoms with van der Waals surface area (Å²) in [6, 6.07) is 12.8. The molecule has 2 rings (SSSR count). The topological polar surface area (TPSA) is 73.9 Å². The molecule has 1 amide bonds. The van der Waals surface area contributed by atoms with Gasteiger partial charge in [0.1, 0.15) is 17.1 Å². The minimum Gasteiger partial charge on any atom is -0.496 e. The molecule has 0 radical (unpaired) electrons. The molecule has 1 atom stereocenters. The van der Waals surface area contributed by atoms with Crippen LogP contribution in [0.2, 0.25) is 0 Å². The highest BCUT2D eigenvalue weighted by Crippen LogP contribution is 2.28. The minimum absolute atomic E-state index is 0.141. The SMILES string of the molecule is CC[C@H](NC(=O)COC(=O)c1c(OC)cccc1OC)c1ccc(C)cc1. The van der Waals surface area contributed by atoms with Crippen molar-refractivity contribution in [2.75, 3.05) is 20.8 Å². The summed E-state index contributed by atoms with van der Waals surface area (Å²) in [6.07, 6.45) is 0.725. The van der Waals surface area contributed by atoms with E-state index in [0.717, 1.165) is 17.5 Å². The maximum atomic E-state index is 12.4. The van der Waals surface area contributed by atoms with E-state index in [2.05, 4.69) is 5.32 Å². The monoisotopic (exact) mass is 371 g/mol. The van der Waals surface area contributed by atoms with E-state index in [0.29, 0.717) is 11.5 Å². The Hall–Kier alpha value is -3.02. The zero-order valence-corrected chi connectivity index (χ0v) is 16.1. The van der Waals surface area contributed by atoms with Crippen LogP contribution in [0.1, 0.15) is 40.9 Å². The van der Waals surface area contributed by atoms with Crippen LogP contribution in [0.4, 0.5) is 0 Å². The highest BCUT2D eigenvalue weighted by Gasteiger charge is 2.21.